The van der Waals surface area contributed by atoms with Crippen LogP contribution in [0.2, 0.25) is 0 Å². The quantitative estimate of drug-likeness (QED) is 0.382. The largest absolute Gasteiger partial charge is 0.506 e. The summed E-state index contributed by atoms with van der Waals surface area (Å²) in [6, 6.07) is 17.2. The van der Waals surface area contributed by atoms with Crippen LogP contribution < -0.4 is 15.0 Å². The summed E-state index contributed by atoms with van der Waals surface area (Å²) in [6.45, 7) is 3.66. The maximum Gasteiger partial charge on any atom is 0.276 e. The Labute approximate surface area is 219 Å². The van der Waals surface area contributed by atoms with Crippen molar-refractivity contribution in [1.82, 2.24) is 20.1 Å². The molecule has 38 heavy (non-hydrogen) atoms. The molecule has 0 radical (unpaired) electrons. The highest BCUT2D eigenvalue weighted by atomic mass is 19.1. The SMILES string of the molecule is COc1ccc(NC(=O)c2ccc(N3CCN(Cc4ccc(-c5cncc(O)c5)c(F)c4)CC3)nn2)cc1. The number of piperazine rings is 1. The van der Waals surface area contributed by atoms with E-state index >= 15 is 0 Å². The lowest BCUT2D eigenvalue weighted by Gasteiger charge is -2.35. The predicted molar refractivity (Wildman–Crippen MR) is 142 cm³/mol. The van der Waals surface area contributed by atoms with Crippen molar-refractivity contribution < 1.29 is 19.0 Å². The summed E-state index contributed by atoms with van der Waals surface area (Å²) in [5, 5.41) is 20.8. The average Bonchev–Trinajstić information content (AvgIpc) is 2.94. The summed E-state index contributed by atoms with van der Waals surface area (Å²) >= 11 is 0. The van der Waals surface area contributed by atoms with Crippen LogP contribution in [0.5, 0.6) is 11.5 Å². The molecule has 9 nitrogen and oxygen atoms in total. The van der Waals surface area contributed by atoms with E-state index in [2.05, 4.69) is 30.3 Å². The Morgan fingerprint density at radius 1 is 1.00 bits per heavy atom. The van der Waals surface area contributed by atoms with Crippen molar-refractivity contribution >= 4 is 17.4 Å². The normalized spacial score (nSPS) is 13.8. The van der Waals surface area contributed by atoms with Crippen LogP contribution in [0.4, 0.5) is 15.9 Å². The van der Waals surface area contributed by atoms with Gasteiger partial charge in [-0.25, -0.2) is 4.39 Å². The molecule has 1 aliphatic heterocycles. The lowest BCUT2D eigenvalue weighted by molar-refractivity contribution is 0.102. The first kappa shape index (κ1) is 25.1. The molecule has 2 aromatic heterocycles. The van der Waals surface area contributed by atoms with Crippen LogP contribution in [-0.2, 0) is 6.54 Å². The number of anilines is 2. The van der Waals surface area contributed by atoms with Crippen molar-refractivity contribution in [3.8, 4) is 22.6 Å². The van der Waals surface area contributed by atoms with Crippen molar-refractivity contribution in [3.63, 3.8) is 0 Å². The van der Waals surface area contributed by atoms with Gasteiger partial charge in [-0.3, -0.25) is 14.7 Å². The maximum absolute atomic E-state index is 14.8. The van der Waals surface area contributed by atoms with Crippen molar-refractivity contribution in [2.24, 2.45) is 0 Å². The van der Waals surface area contributed by atoms with Crippen molar-refractivity contribution in [2.45, 2.75) is 6.54 Å². The number of halogens is 1. The third kappa shape index (κ3) is 5.87. The van der Waals surface area contributed by atoms with Crippen LogP contribution in [-0.4, -0.2) is 64.4 Å². The van der Waals surface area contributed by atoms with Crippen molar-refractivity contribution in [3.05, 3.63) is 90.1 Å². The van der Waals surface area contributed by atoms with Gasteiger partial charge in [0.25, 0.3) is 5.91 Å². The Balaban J connectivity index is 1.14. The number of methoxy groups -OCH3 is 1. The molecule has 1 saturated heterocycles. The highest BCUT2D eigenvalue weighted by Gasteiger charge is 2.20. The Hall–Kier alpha value is -4.57. The van der Waals surface area contributed by atoms with Gasteiger partial charge in [-0.05, 0) is 54.1 Å². The van der Waals surface area contributed by atoms with Gasteiger partial charge >= 0.3 is 0 Å². The molecule has 0 saturated carbocycles. The van der Waals surface area contributed by atoms with Gasteiger partial charge in [-0.2, -0.15) is 0 Å². The third-order valence-electron chi connectivity index (χ3n) is 6.40. The predicted octanol–water partition coefficient (Wildman–Crippen LogP) is 3.97. The lowest BCUT2D eigenvalue weighted by Crippen LogP contribution is -2.46. The molecule has 4 aromatic rings. The molecule has 0 spiro atoms. The van der Waals surface area contributed by atoms with Gasteiger partial charge < -0.3 is 20.1 Å². The molecular weight excluding hydrogens is 487 g/mol. The van der Waals surface area contributed by atoms with Gasteiger partial charge in [-0.1, -0.05) is 12.1 Å². The monoisotopic (exact) mass is 514 g/mol. The molecule has 2 aromatic carbocycles. The van der Waals surface area contributed by atoms with Crippen LogP contribution >= 0.6 is 0 Å². The number of aromatic hydroxyl groups is 1. The highest BCUT2D eigenvalue weighted by molar-refractivity contribution is 6.02. The van der Waals surface area contributed by atoms with Gasteiger partial charge in [0.2, 0.25) is 0 Å². The summed E-state index contributed by atoms with van der Waals surface area (Å²) in [5.74, 6) is 0.735. The van der Waals surface area contributed by atoms with Gasteiger partial charge in [-0.15, -0.1) is 10.2 Å². The zero-order valence-corrected chi connectivity index (χ0v) is 20.8. The molecule has 0 unspecified atom stereocenters. The first-order valence-electron chi connectivity index (χ1n) is 12.2. The second-order valence-corrected chi connectivity index (χ2v) is 8.97. The number of pyridine rings is 1. The van der Waals surface area contributed by atoms with Gasteiger partial charge in [0.1, 0.15) is 17.3 Å². The fourth-order valence-corrected chi connectivity index (χ4v) is 4.34. The van der Waals surface area contributed by atoms with E-state index in [0.717, 1.165) is 31.7 Å². The van der Waals surface area contributed by atoms with Crippen molar-refractivity contribution in [1.29, 1.82) is 0 Å². The number of carbonyl (C=O) groups is 1. The number of amides is 1. The molecular formula is C28H27FN6O3. The van der Waals surface area contributed by atoms with Gasteiger partial charge in [0, 0.05) is 55.7 Å². The van der Waals surface area contributed by atoms with E-state index in [1.807, 2.05) is 6.07 Å². The number of ether oxygens (including phenoxy) is 1. The number of rotatable bonds is 7. The summed E-state index contributed by atoms with van der Waals surface area (Å²) in [6.07, 6.45) is 2.84. The van der Waals surface area contributed by atoms with Gasteiger partial charge in [0.05, 0.1) is 13.3 Å². The van der Waals surface area contributed by atoms with E-state index in [4.69, 9.17) is 4.74 Å². The minimum absolute atomic E-state index is 0.00000321. The molecule has 1 aliphatic rings. The zero-order chi connectivity index (χ0) is 26.5. The van der Waals surface area contributed by atoms with Gasteiger partial charge in [0.15, 0.2) is 11.5 Å². The smallest absolute Gasteiger partial charge is 0.276 e. The van der Waals surface area contributed by atoms with Crippen LogP contribution in [0.25, 0.3) is 11.1 Å². The van der Waals surface area contributed by atoms with E-state index in [1.165, 1.54) is 24.5 Å². The number of nitrogens with zero attached hydrogens (tertiary/aromatic N) is 5. The van der Waals surface area contributed by atoms with Crippen molar-refractivity contribution in [2.75, 3.05) is 43.5 Å². The average molecular weight is 515 g/mol. The standard InChI is InChI=1S/C28H27FN6O3/c1-38-23-5-3-21(4-6-23)31-28(37)26-8-9-27(33-32-26)35-12-10-34(11-13-35)18-19-2-7-24(25(29)14-19)20-15-22(36)17-30-16-20/h2-9,14-17,36H,10-13,18H2,1H3,(H,31,37). The maximum atomic E-state index is 14.8. The molecule has 10 heteroatoms. The highest BCUT2D eigenvalue weighted by Crippen LogP contribution is 2.26. The number of benzene rings is 2. The third-order valence-corrected chi connectivity index (χ3v) is 6.40. The molecule has 0 bridgehead atoms. The minimum atomic E-state index is -0.347. The summed E-state index contributed by atoms with van der Waals surface area (Å²) < 4.78 is 19.9. The van der Waals surface area contributed by atoms with Crippen LogP contribution in [0.15, 0.2) is 73.1 Å². The topological polar surface area (TPSA) is 104 Å². The second kappa shape index (κ2) is 11.2. The van der Waals surface area contributed by atoms with Crippen LogP contribution in [0.3, 0.4) is 0 Å². The molecule has 2 N–H and O–H groups in total. The summed E-state index contributed by atoms with van der Waals surface area (Å²) in [4.78, 5) is 20.8. The second-order valence-electron chi connectivity index (χ2n) is 8.97. The first-order valence-corrected chi connectivity index (χ1v) is 12.2. The van der Waals surface area contributed by atoms with E-state index < -0.39 is 0 Å². The minimum Gasteiger partial charge on any atom is -0.506 e. The molecule has 0 aliphatic carbocycles. The Morgan fingerprint density at radius 2 is 1.79 bits per heavy atom. The molecule has 1 amide bonds. The molecule has 3 heterocycles. The summed E-state index contributed by atoms with van der Waals surface area (Å²) in [7, 11) is 1.59. The molecule has 5 rings (SSSR count). The van der Waals surface area contributed by atoms with E-state index in [-0.39, 0.29) is 23.2 Å². The molecule has 1 fully saturated rings. The Morgan fingerprint density at radius 3 is 2.45 bits per heavy atom. The summed E-state index contributed by atoms with van der Waals surface area (Å²) in [5.41, 5.74) is 2.69. The Kier molecular flexibility index (Phi) is 7.41. The number of nitrogens with one attached hydrogen (secondary N) is 1. The fourth-order valence-electron chi connectivity index (χ4n) is 4.34. The number of hydrogen-bond donors (Lipinski definition) is 2. The molecule has 0 atom stereocenters. The lowest BCUT2D eigenvalue weighted by atomic mass is 10.0. The zero-order valence-electron chi connectivity index (χ0n) is 20.8. The van der Waals surface area contributed by atoms with Crippen LogP contribution in [0, 0.1) is 5.82 Å². The Bertz CT molecular complexity index is 1410. The number of hydrogen-bond acceptors (Lipinski definition) is 8. The van der Waals surface area contributed by atoms with E-state index in [0.29, 0.717) is 34.9 Å². The number of carbonyl (C=O) groups excluding carboxylic acids is 1. The first-order chi connectivity index (χ1) is 18.5. The number of aromatic nitrogens is 3. The fraction of sp³-hybridized carbons (Fsp3) is 0.214. The van der Waals surface area contributed by atoms with Crippen LogP contribution in [0.1, 0.15) is 16.1 Å². The van der Waals surface area contributed by atoms with E-state index in [9.17, 15) is 14.3 Å². The molecule has 194 valence electrons. The van der Waals surface area contributed by atoms with E-state index in [1.54, 1.807) is 49.6 Å².